The zero-order chi connectivity index (χ0) is 21.9. The maximum absolute atomic E-state index is 12.0. The number of aliphatic hydroxyl groups excluding tert-OH is 1. The summed E-state index contributed by atoms with van der Waals surface area (Å²) >= 11 is 0. The second-order valence-corrected chi connectivity index (χ2v) is 7.04. The van der Waals surface area contributed by atoms with E-state index in [1.807, 2.05) is 54.6 Å². The van der Waals surface area contributed by atoms with Gasteiger partial charge in [-0.25, -0.2) is 0 Å². The molecule has 0 spiro atoms. The van der Waals surface area contributed by atoms with Crippen molar-refractivity contribution in [3.63, 3.8) is 0 Å². The van der Waals surface area contributed by atoms with Crippen molar-refractivity contribution in [2.24, 2.45) is 0 Å². The van der Waals surface area contributed by atoms with Gasteiger partial charge >= 0.3 is 0 Å². The number of nitrogens with zero attached hydrogens (tertiary/aromatic N) is 2. The van der Waals surface area contributed by atoms with Crippen molar-refractivity contribution in [2.75, 3.05) is 20.3 Å². The van der Waals surface area contributed by atoms with Crippen LogP contribution in [0.2, 0.25) is 0 Å². The lowest BCUT2D eigenvalue weighted by Gasteiger charge is -2.12. The average Bonchev–Trinajstić information content (AvgIpc) is 3.28. The molecule has 164 valence electrons. The third-order valence-corrected chi connectivity index (χ3v) is 4.55. The Balaban J connectivity index is 1.28. The minimum atomic E-state index is -0.772. The van der Waals surface area contributed by atoms with Crippen LogP contribution in [0, 0.1) is 0 Å². The predicted molar refractivity (Wildman–Crippen MR) is 114 cm³/mol. The largest absolute Gasteiger partial charge is 0.497 e. The van der Waals surface area contributed by atoms with Crippen molar-refractivity contribution in [2.45, 2.75) is 32.0 Å². The number of aryl methyl sites for hydroxylation is 1. The summed E-state index contributed by atoms with van der Waals surface area (Å²) in [5.74, 6) is 1.61. The summed E-state index contributed by atoms with van der Waals surface area (Å²) in [6, 6.07) is 17.0. The summed E-state index contributed by atoms with van der Waals surface area (Å²) in [5, 5.41) is 20.7. The standard InChI is InChI=1S/C23H27N3O5/c1-29-20-12-10-17(11-13-20)15-30-16-19(27)14-24-21(28)8-5-9-22-25-26-23(31-22)18-6-3-2-4-7-18/h2-4,6-7,10-13,19,27H,5,8-9,14-16H2,1H3,(H,24,28). The lowest BCUT2D eigenvalue weighted by atomic mass is 10.2. The van der Waals surface area contributed by atoms with E-state index in [4.69, 9.17) is 13.9 Å². The number of carbonyl (C=O) groups excluding carboxylic acids is 1. The highest BCUT2D eigenvalue weighted by Crippen LogP contribution is 2.17. The monoisotopic (exact) mass is 425 g/mol. The van der Waals surface area contributed by atoms with Gasteiger partial charge in [-0.3, -0.25) is 4.79 Å². The molecule has 31 heavy (non-hydrogen) atoms. The van der Waals surface area contributed by atoms with Gasteiger partial charge < -0.3 is 24.3 Å². The van der Waals surface area contributed by atoms with Gasteiger partial charge in [-0.2, -0.15) is 0 Å². The number of amides is 1. The molecule has 3 aromatic rings. The van der Waals surface area contributed by atoms with E-state index >= 15 is 0 Å². The summed E-state index contributed by atoms with van der Waals surface area (Å²) in [7, 11) is 1.61. The molecule has 0 aliphatic rings. The molecule has 0 bridgehead atoms. The third-order valence-electron chi connectivity index (χ3n) is 4.55. The topological polar surface area (TPSA) is 107 Å². The van der Waals surface area contributed by atoms with Gasteiger partial charge in [-0.1, -0.05) is 30.3 Å². The van der Waals surface area contributed by atoms with Gasteiger partial charge in [0.05, 0.1) is 26.4 Å². The van der Waals surface area contributed by atoms with Gasteiger partial charge in [0, 0.05) is 24.9 Å². The van der Waals surface area contributed by atoms with Gasteiger partial charge in [-0.15, -0.1) is 10.2 Å². The third kappa shape index (κ3) is 7.51. The second-order valence-electron chi connectivity index (χ2n) is 7.04. The first-order valence-corrected chi connectivity index (χ1v) is 10.2. The number of benzene rings is 2. The number of aliphatic hydroxyl groups is 1. The fourth-order valence-corrected chi connectivity index (χ4v) is 2.87. The highest BCUT2D eigenvalue weighted by molar-refractivity contribution is 5.75. The van der Waals surface area contributed by atoms with Gasteiger partial charge in [0.15, 0.2) is 0 Å². The van der Waals surface area contributed by atoms with E-state index in [-0.39, 0.29) is 19.1 Å². The molecule has 1 unspecified atom stereocenters. The van der Waals surface area contributed by atoms with Crippen molar-refractivity contribution >= 4 is 5.91 Å². The zero-order valence-electron chi connectivity index (χ0n) is 17.5. The van der Waals surface area contributed by atoms with Crippen molar-refractivity contribution in [1.82, 2.24) is 15.5 Å². The Morgan fingerprint density at radius 3 is 2.65 bits per heavy atom. The fraction of sp³-hybridized carbons (Fsp3) is 0.348. The predicted octanol–water partition coefficient (Wildman–Crippen LogP) is 2.76. The molecule has 2 N–H and O–H groups in total. The molecular formula is C23H27N3O5. The van der Waals surface area contributed by atoms with Crippen molar-refractivity contribution < 1.29 is 23.8 Å². The molecular weight excluding hydrogens is 398 g/mol. The molecule has 8 nitrogen and oxygen atoms in total. The van der Waals surface area contributed by atoms with Crippen LogP contribution in [0.15, 0.2) is 59.0 Å². The molecule has 2 aromatic carbocycles. The zero-order valence-corrected chi connectivity index (χ0v) is 17.5. The number of aromatic nitrogens is 2. The number of rotatable bonds is 12. The number of hydrogen-bond donors (Lipinski definition) is 2. The number of carbonyl (C=O) groups is 1. The summed E-state index contributed by atoms with van der Waals surface area (Å²) in [4.78, 5) is 12.0. The molecule has 8 heteroatoms. The van der Waals surface area contributed by atoms with E-state index in [2.05, 4.69) is 15.5 Å². The van der Waals surface area contributed by atoms with Crippen molar-refractivity contribution in [3.8, 4) is 17.2 Å². The maximum atomic E-state index is 12.0. The molecule has 1 aromatic heterocycles. The number of methoxy groups -OCH3 is 1. The molecule has 3 rings (SSSR count). The van der Waals surface area contributed by atoms with Crippen LogP contribution >= 0.6 is 0 Å². The van der Waals surface area contributed by atoms with Gasteiger partial charge in [-0.05, 0) is 36.2 Å². The van der Waals surface area contributed by atoms with Crippen LogP contribution in [-0.4, -0.2) is 47.6 Å². The first kappa shape index (κ1) is 22.5. The van der Waals surface area contributed by atoms with E-state index in [0.717, 1.165) is 16.9 Å². The summed E-state index contributed by atoms with van der Waals surface area (Å²) in [6.45, 7) is 0.654. The molecule has 1 amide bonds. The SMILES string of the molecule is COc1ccc(COCC(O)CNC(=O)CCCc2nnc(-c3ccccc3)o2)cc1. The minimum Gasteiger partial charge on any atom is -0.497 e. The molecule has 1 atom stereocenters. The van der Waals surface area contributed by atoms with Crippen LogP contribution in [-0.2, 0) is 22.6 Å². The van der Waals surface area contributed by atoms with E-state index in [9.17, 15) is 9.90 Å². The molecule has 0 aliphatic carbocycles. The number of hydrogen-bond acceptors (Lipinski definition) is 7. The average molecular weight is 425 g/mol. The Hall–Kier alpha value is -3.23. The molecule has 0 saturated carbocycles. The molecule has 0 aliphatic heterocycles. The van der Waals surface area contributed by atoms with Crippen LogP contribution in [0.5, 0.6) is 5.75 Å². The van der Waals surface area contributed by atoms with Crippen LogP contribution < -0.4 is 10.1 Å². The van der Waals surface area contributed by atoms with Crippen molar-refractivity contribution in [3.05, 3.63) is 66.1 Å². The lowest BCUT2D eigenvalue weighted by Crippen LogP contribution is -2.34. The summed E-state index contributed by atoms with van der Waals surface area (Å²) in [6.07, 6.45) is 0.627. The number of nitrogens with one attached hydrogen (secondary N) is 1. The minimum absolute atomic E-state index is 0.135. The smallest absolute Gasteiger partial charge is 0.247 e. The second kappa shape index (κ2) is 11.8. The number of ether oxygens (including phenoxy) is 2. The van der Waals surface area contributed by atoms with Crippen molar-refractivity contribution in [1.29, 1.82) is 0 Å². The lowest BCUT2D eigenvalue weighted by molar-refractivity contribution is -0.121. The first-order chi connectivity index (χ1) is 15.1. The summed E-state index contributed by atoms with van der Waals surface area (Å²) in [5.41, 5.74) is 1.84. The maximum Gasteiger partial charge on any atom is 0.247 e. The van der Waals surface area contributed by atoms with Gasteiger partial charge in [0.2, 0.25) is 17.7 Å². The Kier molecular flexibility index (Phi) is 8.57. The van der Waals surface area contributed by atoms with Gasteiger partial charge in [0.25, 0.3) is 0 Å². The fourth-order valence-electron chi connectivity index (χ4n) is 2.87. The quantitative estimate of drug-likeness (QED) is 0.459. The van der Waals surface area contributed by atoms with Crippen LogP contribution in [0.25, 0.3) is 11.5 Å². The highest BCUT2D eigenvalue weighted by atomic mass is 16.5. The molecule has 0 saturated heterocycles. The summed E-state index contributed by atoms with van der Waals surface area (Å²) < 4.78 is 16.2. The Bertz CT molecular complexity index is 928. The normalized spacial score (nSPS) is 11.8. The highest BCUT2D eigenvalue weighted by Gasteiger charge is 2.11. The van der Waals surface area contributed by atoms with E-state index in [0.29, 0.717) is 37.7 Å². The Labute approximate surface area is 181 Å². The van der Waals surface area contributed by atoms with Crippen LogP contribution in [0.4, 0.5) is 0 Å². The molecule has 0 fully saturated rings. The molecule has 0 radical (unpaired) electrons. The van der Waals surface area contributed by atoms with E-state index < -0.39 is 6.10 Å². The Morgan fingerprint density at radius 1 is 1.13 bits per heavy atom. The molecule has 1 heterocycles. The van der Waals surface area contributed by atoms with Gasteiger partial charge in [0.1, 0.15) is 5.75 Å². The van der Waals surface area contributed by atoms with Crippen LogP contribution in [0.1, 0.15) is 24.3 Å². The Morgan fingerprint density at radius 2 is 1.90 bits per heavy atom. The van der Waals surface area contributed by atoms with Crippen LogP contribution in [0.3, 0.4) is 0 Å². The van der Waals surface area contributed by atoms with E-state index in [1.54, 1.807) is 7.11 Å². The first-order valence-electron chi connectivity index (χ1n) is 10.2. The van der Waals surface area contributed by atoms with E-state index in [1.165, 1.54) is 0 Å².